The quantitative estimate of drug-likeness (QED) is 0.565. The Bertz CT molecular complexity index is 1170. The summed E-state index contributed by atoms with van der Waals surface area (Å²) in [4.78, 5) is 32.3. The van der Waals surface area contributed by atoms with Crippen LogP contribution in [0.5, 0.6) is 0 Å². The van der Waals surface area contributed by atoms with Crippen LogP contribution < -0.4 is 0 Å². The Hall–Kier alpha value is -3.16. The lowest BCUT2D eigenvalue weighted by Crippen LogP contribution is -2.57. The molecule has 2 aromatic carbocycles. The molecule has 1 aromatic heterocycles. The lowest BCUT2D eigenvalue weighted by Gasteiger charge is -2.41. The Kier molecular flexibility index (Phi) is 6.39. The van der Waals surface area contributed by atoms with E-state index >= 15 is 0 Å². The third kappa shape index (κ3) is 4.45. The van der Waals surface area contributed by atoms with Gasteiger partial charge in [0.25, 0.3) is 5.91 Å². The molecule has 1 saturated heterocycles. The Morgan fingerprint density at radius 2 is 1.74 bits per heavy atom. The molecule has 8 heteroatoms. The molecule has 2 amide bonds. The predicted molar refractivity (Wildman–Crippen MR) is 126 cm³/mol. The van der Waals surface area contributed by atoms with Crippen LogP contribution in [0.15, 0.2) is 65.3 Å². The van der Waals surface area contributed by atoms with Gasteiger partial charge in [-0.2, -0.15) is 0 Å². The van der Waals surface area contributed by atoms with Gasteiger partial charge in [0.2, 0.25) is 5.91 Å². The molecule has 2 aliphatic heterocycles. The minimum atomic E-state index is -0.597. The van der Waals surface area contributed by atoms with Crippen molar-refractivity contribution in [2.24, 2.45) is 0 Å². The lowest BCUT2D eigenvalue weighted by atomic mass is 9.92. The molecule has 176 valence electrons. The van der Waals surface area contributed by atoms with Gasteiger partial charge in [0, 0.05) is 56.3 Å². The van der Waals surface area contributed by atoms with E-state index in [9.17, 15) is 14.0 Å². The highest BCUT2D eigenvalue weighted by Crippen LogP contribution is 2.27. The van der Waals surface area contributed by atoms with Crippen LogP contribution in [0, 0.1) is 5.82 Å². The van der Waals surface area contributed by atoms with Gasteiger partial charge in [-0.25, -0.2) is 4.39 Å². The first-order chi connectivity index (χ1) is 16.5. The Morgan fingerprint density at radius 3 is 2.44 bits per heavy atom. The molecule has 3 heterocycles. The molecular weight excluding hydrogens is 457 g/mol. The molecule has 0 radical (unpaired) electrons. The van der Waals surface area contributed by atoms with Crippen LogP contribution in [0.2, 0.25) is 5.02 Å². The van der Waals surface area contributed by atoms with Crippen LogP contribution in [0.4, 0.5) is 4.39 Å². The molecule has 6 nitrogen and oxygen atoms in total. The van der Waals surface area contributed by atoms with Crippen LogP contribution in [-0.4, -0.2) is 58.7 Å². The van der Waals surface area contributed by atoms with Crippen LogP contribution in [0.1, 0.15) is 27.2 Å². The van der Waals surface area contributed by atoms with Crippen molar-refractivity contribution in [1.29, 1.82) is 0 Å². The molecule has 0 N–H and O–H groups in total. The molecule has 1 unspecified atom stereocenters. The number of halogens is 2. The summed E-state index contributed by atoms with van der Waals surface area (Å²) in [6.07, 6.45) is 1.93. The average molecular weight is 482 g/mol. The van der Waals surface area contributed by atoms with Crippen molar-refractivity contribution >= 4 is 23.4 Å². The summed E-state index contributed by atoms with van der Waals surface area (Å²) in [5, 5.41) is 0.409. The second-order valence-corrected chi connectivity index (χ2v) is 9.11. The lowest BCUT2D eigenvalue weighted by molar-refractivity contribution is -0.138. The van der Waals surface area contributed by atoms with E-state index in [1.54, 1.807) is 34.1 Å². The van der Waals surface area contributed by atoms with E-state index in [1.165, 1.54) is 12.3 Å². The number of benzene rings is 2. The third-order valence-corrected chi connectivity index (χ3v) is 7.01. The van der Waals surface area contributed by atoms with Crippen molar-refractivity contribution in [2.45, 2.75) is 25.6 Å². The molecule has 0 aliphatic carbocycles. The highest BCUT2D eigenvalue weighted by Gasteiger charge is 2.38. The highest BCUT2D eigenvalue weighted by molar-refractivity contribution is 6.31. The Morgan fingerprint density at radius 1 is 0.971 bits per heavy atom. The monoisotopic (exact) mass is 481 g/mol. The summed E-state index contributed by atoms with van der Waals surface area (Å²) in [7, 11) is 0. The van der Waals surface area contributed by atoms with Crippen molar-refractivity contribution in [3.8, 4) is 0 Å². The summed E-state index contributed by atoms with van der Waals surface area (Å²) in [5.41, 5.74) is 2.60. The zero-order valence-corrected chi connectivity index (χ0v) is 19.4. The largest absolute Gasteiger partial charge is 0.459 e. The normalized spacial score (nSPS) is 18.6. The molecule has 1 atom stereocenters. The van der Waals surface area contributed by atoms with Gasteiger partial charge in [-0.1, -0.05) is 41.9 Å². The van der Waals surface area contributed by atoms with E-state index in [0.717, 1.165) is 11.1 Å². The van der Waals surface area contributed by atoms with Gasteiger partial charge >= 0.3 is 0 Å². The van der Waals surface area contributed by atoms with E-state index in [4.69, 9.17) is 16.0 Å². The van der Waals surface area contributed by atoms with Crippen molar-refractivity contribution in [2.75, 3.05) is 26.2 Å². The maximum atomic E-state index is 14.2. The second kappa shape index (κ2) is 9.60. The fourth-order valence-electron chi connectivity index (χ4n) is 4.74. The summed E-state index contributed by atoms with van der Waals surface area (Å²) in [6.45, 7) is 2.97. The van der Waals surface area contributed by atoms with E-state index < -0.39 is 6.04 Å². The number of furan rings is 1. The van der Waals surface area contributed by atoms with Crippen molar-refractivity contribution < 1.29 is 18.4 Å². The second-order valence-electron chi connectivity index (χ2n) is 8.70. The minimum Gasteiger partial charge on any atom is -0.459 e. The topological polar surface area (TPSA) is 57.0 Å². The maximum absolute atomic E-state index is 14.2. The molecule has 2 aliphatic rings. The number of amides is 2. The van der Waals surface area contributed by atoms with E-state index in [2.05, 4.69) is 4.90 Å². The van der Waals surface area contributed by atoms with Gasteiger partial charge in [0.15, 0.2) is 5.76 Å². The van der Waals surface area contributed by atoms with Crippen molar-refractivity contribution in [3.63, 3.8) is 0 Å². The van der Waals surface area contributed by atoms with Gasteiger partial charge in [0.1, 0.15) is 11.9 Å². The minimum absolute atomic E-state index is 0.0713. The zero-order valence-electron chi connectivity index (χ0n) is 18.6. The van der Waals surface area contributed by atoms with Crippen LogP contribution in [-0.2, 0) is 24.3 Å². The van der Waals surface area contributed by atoms with Gasteiger partial charge in [-0.15, -0.1) is 0 Å². The van der Waals surface area contributed by atoms with Gasteiger partial charge in [0.05, 0.1) is 6.26 Å². The number of carbonyl (C=O) groups excluding carboxylic acids is 2. The number of hydrogen-bond acceptors (Lipinski definition) is 4. The summed E-state index contributed by atoms with van der Waals surface area (Å²) in [5.74, 6) is -0.452. The molecule has 1 fully saturated rings. The number of hydrogen-bond donors (Lipinski definition) is 0. The molecular formula is C26H25ClFN3O3. The molecule has 34 heavy (non-hydrogen) atoms. The first-order valence-corrected chi connectivity index (χ1v) is 11.7. The maximum Gasteiger partial charge on any atom is 0.290 e. The number of carbonyl (C=O) groups is 2. The molecule has 5 rings (SSSR count). The molecule has 0 saturated carbocycles. The predicted octanol–water partition coefficient (Wildman–Crippen LogP) is 3.98. The van der Waals surface area contributed by atoms with Crippen molar-refractivity contribution in [1.82, 2.24) is 14.7 Å². The van der Waals surface area contributed by atoms with Gasteiger partial charge in [-0.3, -0.25) is 14.5 Å². The molecule has 3 aromatic rings. The smallest absolute Gasteiger partial charge is 0.290 e. The van der Waals surface area contributed by atoms with E-state index in [0.29, 0.717) is 56.3 Å². The zero-order chi connectivity index (χ0) is 23.7. The number of fused-ring (bicyclic) bond motifs is 1. The summed E-state index contributed by atoms with van der Waals surface area (Å²) < 4.78 is 19.5. The molecule has 0 spiro atoms. The number of piperazine rings is 1. The summed E-state index contributed by atoms with van der Waals surface area (Å²) >= 11 is 6.18. The van der Waals surface area contributed by atoms with Crippen LogP contribution in [0.3, 0.4) is 0 Å². The van der Waals surface area contributed by atoms with Crippen LogP contribution in [0.25, 0.3) is 0 Å². The van der Waals surface area contributed by atoms with Crippen LogP contribution >= 0.6 is 11.6 Å². The SMILES string of the molecule is O=C(C1Cc2ccccc2CN1C(=O)c1ccco1)N1CCN(Cc2c(F)cccc2Cl)CC1. The fraction of sp³-hybridized carbons (Fsp3) is 0.308. The molecule has 0 bridgehead atoms. The third-order valence-electron chi connectivity index (χ3n) is 6.65. The fourth-order valence-corrected chi connectivity index (χ4v) is 4.97. The first-order valence-electron chi connectivity index (χ1n) is 11.4. The van der Waals surface area contributed by atoms with E-state index in [-0.39, 0.29) is 23.4 Å². The van der Waals surface area contributed by atoms with Gasteiger partial charge < -0.3 is 14.2 Å². The Balaban J connectivity index is 1.30. The summed E-state index contributed by atoms with van der Waals surface area (Å²) in [6, 6.07) is 15.3. The van der Waals surface area contributed by atoms with Crippen molar-refractivity contribution in [3.05, 3.63) is 94.2 Å². The Labute approximate surface area is 202 Å². The highest BCUT2D eigenvalue weighted by atomic mass is 35.5. The van der Waals surface area contributed by atoms with Gasteiger partial charge in [-0.05, 0) is 35.4 Å². The van der Waals surface area contributed by atoms with E-state index in [1.807, 2.05) is 24.3 Å². The first kappa shape index (κ1) is 22.6. The number of nitrogens with zero attached hydrogens (tertiary/aromatic N) is 3. The standard InChI is InChI=1S/C26H25ClFN3O3/c27-21-7-3-8-22(28)20(21)17-29-10-12-30(13-11-29)25(32)23-15-18-5-1-2-6-19(18)16-31(23)26(33)24-9-4-14-34-24/h1-9,14,23H,10-13,15-17H2. The number of rotatable bonds is 4. The average Bonchev–Trinajstić information content (AvgIpc) is 3.40.